The molecule has 1 aliphatic rings. The molecule has 0 fully saturated rings. The van der Waals surface area contributed by atoms with Gasteiger partial charge in [-0.05, 0) is 29.8 Å². The van der Waals surface area contributed by atoms with E-state index < -0.39 is 23.8 Å². The summed E-state index contributed by atoms with van der Waals surface area (Å²) in [4.78, 5) is 45.2. The lowest BCUT2D eigenvalue weighted by atomic mass is 10.0. The largest absolute Gasteiger partial charge is 0.322 e. The number of hydrogen-bond acceptors (Lipinski definition) is 4. The van der Waals surface area contributed by atoms with Crippen LogP contribution < -0.4 is 5.32 Å². The van der Waals surface area contributed by atoms with Crippen molar-refractivity contribution < 1.29 is 14.4 Å². The number of fused-ring (bicyclic) bond motifs is 2. The highest BCUT2D eigenvalue weighted by atomic mass is 16.2. The normalized spacial score (nSPS) is 13.8. The quantitative estimate of drug-likeness (QED) is 0.493. The Balaban J connectivity index is 1.52. The molecule has 1 aromatic heterocycles. The molecular weight excluding hydrogens is 402 g/mol. The summed E-state index contributed by atoms with van der Waals surface area (Å²) in [6.07, 6.45) is 1.86. The van der Waals surface area contributed by atoms with Crippen molar-refractivity contribution in [2.24, 2.45) is 0 Å². The van der Waals surface area contributed by atoms with Gasteiger partial charge in [0.15, 0.2) is 0 Å². The van der Waals surface area contributed by atoms with Crippen LogP contribution in [0.3, 0.4) is 0 Å². The van der Waals surface area contributed by atoms with Crippen molar-refractivity contribution in [1.29, 1.82) is 0 Å². The van der Waals surface area contributed by atoms with Crippen molar-refractivity contribution in [1.82, 2.24) is 9.88 Å². The smallest absolute Gasteiger partial charge is 0.262 e. The van der Waals surface area contributed by atoms with Gasteiger partial charge in [-0.1, -0.05) is 60.7 Å². The zero-order valence-corrected chi connectivity index (χ0v) is 17.1. The summed E-state index contributed by atoms with van der Waals surface area (Å²) < 4.78 is 0. The average molecular weight is 421 g/mol. The molecule has 4 aromatic rings. The van der Waals surface area contributed by atoms with E-state index in [0.717, 1.165) is 15.8 Å². The number of carbonyl (C=O) groups excluding carboxylic acids is 3. The summed E-state index contributed by atoms with van der Waals surface area (Å²) in [5, 5.41) is 3.78. The zero-order valence-electron chi connectivity index (χ0n) is 17.1. The first-order chi connectivity index (χ1) is 15.6. The lowest BCUT2D eigenvalue weighted by Crippen LogP contribution is -2.48. The minimum atomic E-state index is -1.01. The predicted molar refractivity (Wildman–Crippen MR) is 121 cm³/mol. The number of pyridine rings is 1. The Morgan fingerprint density at radius 2 is 1.47 bits per heavy atom. The summed E-state index contributed by atoms with van der Waals surface area (Å²) in [5.41, 5.74) is 2.65. The second-order valence-electron chi connectivity index (χ2n) is 7.60. The number of imide groups is 1. The third kappa shape index (κ3) is 3.41. The molecule has 0 saturated heterocycles. The molecule has 5 rings (SSSR count). The van der Waals surface area contributed by atoms with Crippen molar-refractivity contribution in [3.63, 3.8) is 0 Å². The van der Waals surface area contributed by atoms with Crippen LogP contribution in [0.2, 0.25) is 0 Å². The van der Waals surface area contributed by atoms with Gasteiger partial charge >= 0.3 is 0 Å². The van der Waals surface area contributed by atoms with Crippen LogP contribution in [0.1, 0.15) is 26.3 Å². The molecule has 0 radical (unpaired) electrons. The summed E-state index contributed by atoms with van der Waals surface area (Å²) in [7, 11) is 0. The van der Waals surface area contributed by atoms with Crippen LogP contribution >= 0.6 is 0 Å². The number of carbonyl (C=O) groups is 3. The van der Waals surface area contributed by atoms with Gasteiger partial charge in [-0.3, -0.25) is 24.3 Å². The van der Waals surface area contributed by atoms with Crippen molar-refractivity contribution in [2.75, 3.05) is 5.32 Å². The first-order valence-electron chi connectivity index (χ1n) is 10.3. The fourth-order valence-corrected chi connectivity index (χ4v) is 4.05. The average Bonchev–Trinajstić information content (AvgIpc) is 3.08. The topological polar surface area (TPSA) is 79.4 Å². The highest BCUT2D eigenvalue weighted by Gasteiger charge is 2.42. The van der Waals surface area contributed by atoms with E-state index in [9.17, 15) is 14.4 Å². The molecule has 6 heteroatoms. The van der Waals surface area contributed by atoms with Gasteiger partial charge in [0.05, 0.1) is 22.3 Å². The molecular formula is C26H19N3O3. The van der Waals surface area contributed by atoms with Crippen LogP contribution in [0.15, 0.2) is 91.1 Å². The Morgan fingerprint density at radius 1 is 0.812 bits per heavy atom. The number of nitrogens with zero attached hydrogens (tertiary/aromatic N) is 2. The molecule has 156 valence electrons. The van der Waals surface area contributed by atoms with Crippen LogP contribution in [-0.4, -0.2) is 33.6 Å². The summed E-state index contributed by atoms with van der Waals surface area (Å²) in [5.74, 6) is -1.36. The van der Waals surface area contributed by atoms with Crippen LogP contribution in [0.5, 0.6) is 0 Å². The Hall–Kier alpha value is -4.32. The number of rotatable bonds is 5. The van der Waals surface area contributed by atoms with Gasteiger partial charge in [-0.15, -0.1) is 0 Å². The Kier molecular flexibility index (Phi) is 4.95. The molecule has 3 amide bonds. The molecule has 2 heterocycles. The van der Waals surface area contributed by atoms with Crippen molar-refractivity contribution >= 4 is 34.3 Å². The molecule has 0 saturated carbocycles. The Labute approximate surface area is 184 Å². The monoisotopic (exact) mass is 421 g/mol. The highest BCUT2D eigenvalue weighted by Crippen LogP contribution is 2.27. The lowest BCUT2D eigenvalue weighted by Gasteiger charge is -2.25. The van der Waals surface area contributed by atoms with E-state index in [1.807, 2.05) is 54.6 Å². The number of para-hydroxylation sites is 1. The second kappa shape index (κ2) is 8.07. The number of anilines is 1. The van der Waals surface area contributed by atoms with Gasteiger partial charge in [0.25, 0.3) is 11.8 Å². The van der Waals surface area contributed by atoms with Crippen molar-refractivity contribution in [3.05, 3.63) is 108 Å². The van der Waals surface area contributed by atoms with Crippen molar-refractivity contribution in [3.8, 4) is 0 Å². The van der Waals surface area contributed by atoms with E-state index in [4.69, 9.17) is 0 Å². The fourth-order valence-electron chi connectivity index (χ4n) is 4.05. The fraction of sp³-hybridized carbons (Fsp3) is 0.0769. The van der Waals surface area contributed by atoms with E-state index in [2.05, 4.69) is 10.3 Å². The first kappa shape index (κ1) is 19.6. The van der Waals surface area contributed by atoms with Crippen LogP contribution in [0, 0.1) is 0 Å². The van der Waals surface area contributed by atoms with E-state index in [1.54, 1.807) is 36.5 Å². The van der Waals surface area contributed by atoms with Gasteiger partial charge in [0, 0.05) is 18.0 Å². The van der Waals surface area contributed by atoms with E-state index in [1.165, 1.54) is 0 Å². The second-order valence-corrected chi connectivity index (χ2v) is 7.60. The molecule has 1 aliphatic heterocycles. The molecule has 1 N–H and O–H groups in total. The van der Waals surface area contributed by atoms with Gasteiger partial charge in [0.1, 0.15) is 6.04 Å². The highest BCUT2D eigenvalue weighted by molar-refractivity contribution is 6.23. The predicted octanol–water partition coefficient (Wildman–Crippen LogP) is 4.08. The van der Waals surface area contributed by atoms with Crippen LogP contribution in [0.4, 0.5) is 5.69 Å². The van der Waals surface area contributed by atoms with E-state index in [0.29, 0.717) is 22.3 Å². The van der Waals surface area contributed by atoms with Crippen molar-refractivity contribution in [2.45, 2.75) is 12.5 Å². The van der Waals surface area contributed by atoms with Crippen LogP contribution in [-0.2, 0) is 11.2 Å². The summed E-state index contributed by atoms with van der Waals surface area (Å²) in [6, 6.07) is 24.2. The lowest BCUT2D eigenvalue weighted by molar-refractivity contribution is -0.119. The molecule has 0 bridgehead atoms. The van der Waals surface area contributed by atoms with Gasteiger partial charge in [0.2, 0.25) is 5.91 Å². The third-order valence-corrected chi connectivity index (χ3v) is 5.60. The maximum absolute atomic E-state index is 13.5. The number of aromatic nitrogens is 1. The molecule has 0 spiro atoms. The SMILES string of the molecule is O=C(Nc1cccc2cccnc12)[C@H](Cc1ccccc1)N1C(=O)c2ccccc2C1=O. The Bertz CT molecular complexity index is 1310. The molecule has 3 aromatic carbocycles. The molecule has 0 unspecified atom stereocenters. The first-order valence-corrected chi connectivity index (χ1v) is 10.3. The third-order valence-electron chi connectivity index (χ3n) is 5.60. The number of amides is 3. The summed E-state index contributed by atoms with van der Waals surface area (Å²) >= 11 is 0. The number of hydrogen-bond donors (Lipinski definition) is 1. The zero-order chi connectivity index (χ0) is 22.1. The van der Waals surface area contributed by atoms with E-state index >= 15 is 0 Å². The minimum Gasteiger partial charge on any atom is -0.322 e. The van der Waals surface area contributed by atoms with Gasteiger partial charge in [-0.25, -0.2) is 0 Å². The maximum Gasteiger partial charge on any atom is 0.262 e. The van der Waals surface area contributed by atoms with Gasteiger partial charge in [-0.2, -0.15) is 0 Å². The number of benzene rings is 3. The molecule has 1 atom stereocenters. The maximum atomic E-state index is 13.5. The minimum absolute atomic E-state index is 0.205. The summed E-state index contributed by atoms with van der Waals surface area (Å²) in [6.45, 7) is 0. The van der Waals surface area contributed by atoms with E-state index in [-0.39, 0.29) is 6.42 Å². The van der Waals surface area contributed by atoms with Crippen LogP contribution in [0.25, 0.3) is 10.9 Å². The number of nitrogens with one attached hydrogen (secondary N) is 1. The molecule has 6 nitrogen and oxygen atoms in total. The Morgan fingerprint density at radius 3 is 2.19 bits per heavy atom. The molecule has 0 aliphatic carbocycles. The van der Waals surface area contributed by atoms with Gasteiger partial charge < -0.3 is 5.32 Å². The standard InChI is InChI=1S/C26H19N3O3/c30-24(28-21-14-6-10-18-11-7-15-27-23(18)21)22(16-17-8-2-1-3-9-17)29-25(31)19-12-4-5-13-20(19)26(29)32/h1-15,22H,16H2,(H,28,30)/t22-/m0/s1. The molecule has 32 heavy (non-hydrogen) atoms.